The molecule has 2 amide bonds. The van der Waals surface area contributed by atoms with Crippen LogP contribution in [0.5, 0.6) is 0 Å². The third kappa shape index (κ3) is 6.88. The summed E-state index contributed by atoms with van der Waals surface area (Å²) in [6.45, 7) is 1.28. The number of anilines is 1. The first-order valence-electron chi connectivity index (χ1n) is 9.11. The molecule has 0 fully saturated rings. The summed E-state index contributed by atoms with van der Waals surface area (Å²) < 4.78 is 18.3. The molecule has 0 saturated carbocycles. The molecule has 152 valence electrons. The number of hydrogen-bond donors (Lipinski definition) is 1. The van der Waals surface area contributed by atoms with E-state index in [2.05, 4.69) is 5.32 Å². The maximum atomic E-state index is 13.5. The van der Waals surface area contributed by atoms with Crippen LogP contribution in [-0.2, 0) is 25.5 Å². The molecule has 6 nitrogen and oxygen atoms in total. The Balaban J connectivity index is 1.80. The molecule has 0 heterocycles. The quantitative estimate of drug-likeness (QED) is 0.548. The van der Waals surface area contributed by atoms with Gasteiger partial charge in [0.05, 0.1) is 6.54 Å². The minimum atomic E-state index is -0.781. The molecule has 0 aliphatic heterocycles. The number of aryl methyl sites for hydroxylation is 1. The van der Waals surface area contributed by atoms with E-state index in [4.69, 9.17) is 4.74 Å². The number of carbonyl (C=O) groups is 3. The smallest absolute Gasteiger partial charge is 0.331 e. The van der Waals surface area contributed by atoms with Gasteiger partial charge in [0, 0.05) is 24.4 Å². The van der Waals surface area contributed by atoms with Crippen molar-refractivity contribution >= 4 is 29.5 Å². The number of carbonyl (C=O) groups excluding carboxylic acids is 3. The Bertz CT molecular complexity index is 911. The Kier molecular flexibility index (Phi) is 8.09. The fraction of sp³-hybridized carbons (Fsp3) is 0.227. The van der Waals surface area contributed by atoms with E-state index in [1.807, 2.05) is 25.1 Å². The maximum Gasteiger partial charge on any atom is 0.331 e. The Morgan fingerprint density at radius 2 is 1.79 bits per heavy atom. The van der Waals surface area contributed by atoms with Crippen LogP contribution in [0.15, 0.2) is 54.6 Å². The van der Waals surface area contributed by atoms with Gasteiger partial charge in [-0.1, -0.05) is 43.3 Å². The number of amides is 2. The molecule has 29 heavy (non-hydrogen) atoms. The monoisotopic (exact) mass is 398 g/mol. The number of esters is 1. The minimum absolute atomic E-state index is 0.181. The highest BCUT2D eigenvalue weighted by Crippen LogP contribution is 2.15. The summed E-state index contributed by atoms with van der Waals surface area (Å²) in [4.78, 5) is 37.1. The van der Waals surface area contributed by atoms with Gasteiger partial charge < -0.3 is 15.0 Å². The van der Waals surface area contributed by atoms with Crippen molar-refractivity contribution in [3.8, 4) is 0 Å². The van der Waals surface area contributed by atoms with Crippen LogP contribution in [0.1, 0.15) is 18.1 Å². The molecule has 0 unspecified atom stereocenters. The number of ether oxygens (including phenoxy) is 1. The van der Waals surface area contributed by atoms with Crippen molar-refractivity contribution in [3.63, 3.8) is 0 Å². The van der Waals surface area contributed by atoms with E-state index in [9.17, 15) is 18.8 Å². The zero-order chi connectivity index (χ0) is 21.2. The van der Waals surface area contributed by atoms with Crippen molar-refractivity contribution in [2.24, 2.45) is 0 Å². The van der Waals surface area contributed by atoms with Crippen molar-refractivity contribution in [3.05, 3.63) is 71.6 Å². The van der Waals surface area contributed by atoms with Crippen molar-refractivity contribution in [1.29, 1.82) is 0 Å². The molecule has 2 rings (SSSR count). The normalized spacial score (nSPS) is 10.6. The molecule has 0 aromatic heterocycles. The summed E-state index contributed by atoms with van der Waals surface area (Å²) in [6.07, 6.45) is 3.08. The van der Waals surface area contributed by atoms with Crippen LogP contribution in [0.25, 0.3) is 6.08 Å². The SMILES string of the molecule is CCc1ccccc1NC(=O)CN(C)C(=O)COC(=O)/C=C/c1ccccc1F. The molecule has 1 N–H and O–H groups in total. The van der Waals surface area contributed by atoms with E-state index < -0.39 is 24.3 Å². The predicted molar refractivity (Wildman–Crippen MR) is 108 cm³/mol. The highest BCUT2D eigenvalue weighted by molar-refractivity contribution is 5.95. The van der Waals surface area contributed by atoms with E-state index in [0.717, 1.165) is 23.0 Å². The standard InChI is InChI=1S/C22H23FN2O4/c1-3-16-8-5-7-11-19(16)24-20(26)14-25(2)21(27)15-29-22(28)13-12-17-9-4-6-10-18(17)23/h4-13H,3,14-15H2,1-2H3,(H,24,26)/b13-12+. The lowest BCUT2D eigenvalue weighted by atomic mass is 10.1. The fourth-order valence-corrected chi connectivity index (χ4v) is 2.50. The topological polar surface area (TPSA) is 75.7 Å². The lowest BCUT2D eigenvalue weighted by molar-refractivity contribution is -0.148. The molecule has 2 aromatic carbocycles. The van der Waals surface area contributed by atoms with Gasteiger partial charge >= 0.3 is 5.97 Å². The second-order valence-corrected chi connectivity index (χ2v) is 6.27. The van der Waals surface area contributed by atoms with Gasteiger partial charge in [-0.25, -0.2) is 9.18 Å². The summed E-state index contributed by atoms with van der Waals surface area (Å²) in [6, 6.07) is 13.4. The van der Waals surface area contributed by atoms with Crippen LogP contribution in [0.3, 0.4) is 0 Å². The predicted octanol–water partition coefficient (Wildman–Crippen LogP) is 3.04. The third-order valence-corrected chi connectivity index (χ3v) is 4.12. The second-order valence-electron chi connectivity index (χ2n) is 6.27. The number of halogens is 1. The van der Waals surface area contributed by atoms with E-state index in [1.54, 1.807) is 12.1 Å². The van der Waals surface area contributed by atoms with E-state index in [1.165, 1.54) is 31.3 Å². The molecular weight excluding hydrogens is 375 g/mol. The Hall–Kier alpha value is -3.48. The first kappa shape index (κ1) is 21.8. The maximum absolute atomic E-state index is 13.5. The van der Waals surface area contributed by atoms with E-state index in [-0.39, 0.29) is 18.0 Å². The Labute approximate surface area is 169 Å². The summed E-state index contributed by atoms with van der Waals surface area (Å²) in [5, 5.41) is 2.77. The van der Waals surface area contributed by atoms with Gasteiger partial charge in [-0.15, -0.1) is 0 Å². The Morgan fingerprint density at radius 3 is 2.52 bits per heavy atom. The van der Waals surface area contributed by atoms with E-state index in [0.29, 0.717) is 5.69 Å². The summed E-state index contributed by atoms with van der Waals surface area (Å²) >= 11 is 0. The van der Waals surface area contributed by atoms with Gasteiger partial charge in [-0.05, 0) is 30.2 Å². The first-order valence-corrected chi connectivity index (χ1v) is 9.11. The summed E-state index contributed by atoms with van der Waals surface area (Å²) in [5.74, 6) is -2.14. The third-order valence-electron chi connectivity index (χ3n) is 4.12. The molecule has 0 spiro atoms. The van der Waals surface area contributed by atoms with Gasteiger partial charge in [0.25, 0.3) is 5.91 Å². The number of hydrogen-bond acceptors (Lipinski definition) is 4. The van der Waals surface area contributed by atoms with Crippen LogP contribution in [0.4, 0.5) is 10.1 Å². The van der Waals surface area contributed by atoms with Gasteiger partial charge in [0.15, 0.2) is 6.61 Å². The number of benzene rings is 2. The molecule has 2 aromatic rings. The largest absolute Gasteiger partial charge is 0.452 e. The summed E-state index contributed by atoms with van der Waals surface area (Å²) in [5.41, 5.74) is 1.92. The Morgan fingerprint density at radius 1 is 1.10 bits per heavy atom. The number of nitrogens with zero attached hydrogens (tertiary/aromatic N) is 1. The van der Waals surface area contributed by atoms with Crippen LogP contribution >= 0.6 is 0 Å². The zero-order valence-corrected chi connectivity index (χ0v) is 16.4. The molecule has 0 radical (unpaired) electrons. The second kappa shape index (κ2) is 10.8. The molecular formula is C22H23FN2O4. The van der Waals surface area contributed by atoms with Gasteiger partial charge in [-0.3, -0.25) is 9.59 Å². The van der Waals surface area contributed by atoms with Crippen LogP contribution in [0, 0.1) is 5.82 Å². The van der Waals surface area contributed by atoms with E-state index >= 15 is 0 Å². The highest BCUT2D eigenvalue weighted by Gasteiger charge is 2.15. The average Bonchev–Trinajstić information content (AvgIpc) is 2.71. The molecule has 0 atom stereocenters. The lowest BCUT2D eigenvalue weighted by Gasteiger charge is -2.17. The number of nitrogens with one attached hydrogen (secondary N) is 1. The number of para-hydroxylation sites is 1. The van der Waals surface area contributed by atoms with Crippen molar-refractivity contribution in [1.82, 2.24) is 4.90 Å². The molecule has 0 saturated heterocycles. The first-order chi connectivity index (χ1) is 13.9. The lowest BCUT2D eigenvalue weighted by Crippen LogP contribution is -2.37. The van der Waals surface area contributed by atoms with Gasteiger partial charge in [-0.2, -0.15) is 0 Å². The van der Waals surface area contributed by atoms with Crippen molar-refractivity contribution in [2.75, 3.05) is 25.5 Å². The molecule has 7 heteroatoms. The van der Waals surface area contributed by atoms with Crippen LogP contribution < -0.4 is 5.32 Å². The highest BCUT2D eigenvalue weighted by atomic mass is 19.1. The van der Waals surface area contributed by atoms with Crippen molar-refractivity contribution < 1.29 is 23.5 Å². The number of likely N-dealkylation sites (N-methyl/N-ethyl adjacent to an activating group) is 1. The number of rotatable bonds is 8. The fourth-order valence-electron chi connectivity index (χ4n) is 2.50. The zero-order valence-electron chi connectivity index (χ0n) is 16.4. The minimum Gasteiger partial charge on any atom is -0.452 e. The van der Waals surface area contributed by atoms with Gasteiger partial charge in [0.1, 0.15) is 5.82 Å². The molecule has 0 aliphatic rings. The molecule has 0 aliphatic carbocycles. The molecule has 0 bridgehead atoms. The average molecular weight is 398 g/mol. The van der Waals surface area contributed by atoms with Crippen LogP contribution in [0.2, 0.25) is 0 Å². The summed E-state index contributed by atoms with van der Waals surface area (Å²) in [7, 11) is 1.44. The van der Waals surface area contributed by atoms with Crippen molar-refractivity contribution in [2.45, 2.75) is 13.3 Å². The van der Waals surface area contributed by atoms with Crippen LogP contribution in [-0.4, -0.2) is 42.9 Å². The van der Waals surface area contributed by atoms with Gasteiger partial charge in [0.2, 0.25) is 5.91 Å².